The van der Waals surface area contributed by atoms with Crippen LogP contribution in [0.4, 0.5) is 4.79 Å². The molecule has 3 heterocycles. The van der Waals surface area contributed by atoms with Gasteiger partial charge in [-0.15, -0.1) is 0 Å². The lowest BCUT2D eigenvalue weighted by molar-refractivity contribution is -0.0588. The Hall–Kier alpha value is -4.21. The van der Waals surface area contributed by atoms with Gasteiger partial charge in [0.1, 0.15) is 11.2 Å². The normalized spacial score (nSPS) is 13.3. The number of pyridine rings is 1. The minimum Gasteiger partial charge on any atom is -0.444 e. The van der Waals surface area contributed by atoms with Crippen molar-refractivity contribution >= 4 is 29.5 Å². The lowest BCUT2D eigenvalue weighted by Gasteiger charge is -2.19. The van der Waals surface area contributed by atoms with Crippen LogP contribution >= 0.6 is 0 Å². The second-order valence-corrected chi connectivity index (χ2v) is 8.11. The maximum Gasteiger partial charge on any atom is 0.407 e. The van der Waals surface area contributed by atoms with Crippen molar-refractivity contribution in [3.05, 3.63) is 71.2 Å². The van der Waals surface area contributed by atoms with Gasteiger partial charge in [-0.25, -0.2) is 14.6 Å². The SMILES string of the molecule is CC(C)(C)OC(=O)NCc1ccc2nc(C(=O)ON3C(=O)c4ccccc4C3=O)cn2c1. The van der Waals surface area contributed by atoms with E-state index in [4.69, 9.17) is 9.57 Å². The van der Waals surface area contributed by atoms with Crippen molar-refractivity contribution in [1.29, 1.82) is 0 Å². The molecule has 1 N–H and O–H groups in total. The lowest BCUT2D eigenvalue weighted by Crippen LogP contribution is -2.32. The Morgan fingerprint density at radius 1 is 1.00 bits per heavy atom. The Kier molecular flexibility index (Phi) is 5.13. The molecule has 0 saturated heterocycles. The number of benzene rings is 1. The number of hydroxylamine groups is 2. The molecule has 10 nitrogen and oxygen atoms in total. The average molecular weight is 436 g/mol. The number of imidazole rings is 1. The van der Waals surface area contributed by atoms with Crippen molar-refractivity contribution in [3.63, 3.8) is 0 Å². The van der Waals surface area contributed by atoms with Crippen LogP contribution in [0.2, 0.25) is 0 Å². The molecular weight excluding hydrogens is 416 g/mol. The lowest BCUT2D eigenvalue weighted by atomic mass is 10.1. The number of hydrogen-bond donors (Lipinski definition) is 1. The first-order chi connectivity index (χ1) is 15.1. The first-order valence-electron chi connectivity index (χ1n) is 9.77. The van der Waals surface area contributed by atoms with Gasteiger partial charge in [0.25, 0.3) is 11.8 Å². The number of ether oxygens (including phenoxy) is 1. The molecule has 3 amide bonds. The van der Waals surface area contributed by atoms with Crippen LogP contribution in [-0.2, 0) is 16.1 Å². The van der Waals surface area contributed by atoms with E-state index in [1.807, 2.05) is 0 Å². The van der Waals surface area contributed by atoms with E-state index in [9.17, 15) is 19.2 Å². The first-order valence-corrected chi connectivity index (χ1v) is 9.77. The van der Waals surface area contributed by atoms with E-state index in [1.165, 1.54) is 18.3 Å². The number of alkyl carbamates (subject to hydrolysis) is 1. The zero-order chi connectivity index (χ0) is 23.0. The molecule has 0 bridgehead atoms. The molecule has 0 aliphatic carbocycles. The largest absolute Gasteiger partial charge is 0.444 e. The number of nitrogens with one attached hydrogen (secondary N) is 1. The zero-order valence-electron chi connectivity index (χ0n) is 17.6. The zero-order valence-corrected chi connectivity index (χ0v) is 17.6. The van der Waals surface area contributed by atoms with E-state index in [-0.39, 0.29) is 23.4 Å². The topological polar surface area (TPSA) is 119 Å². The van der Waals surface area contributed by atoms with E-state index in [2.05, 4.69) is 10.3 Å². The van der Waals surface area contributed by atoms with Crippen molar-refractivity contribution in [1.82, 2.24) is 19.8 Å². The summed E-state index contributed by atoms with van der Waals surface area (Å²) in [4.78, 5) is 58.3. The molecule has 1 aliphatic heterocycles. The van der Waals surface area contributed by atoms with Gasteiger partial charge in [0.2, 0.25) is 0 Å². The molecule has 0 unspecified atom stereocenters. The van der Waals surface area contributed by atoms with Gasteiger partial charge in [-0.3, -0.25) is 9.59 Å². The predicted molar refractivity (Wildman–Crippen MR) is 111 cm³/mol. The van der Waals surface area contributed by atoms with Crippen LogP contribution in [0.3, 0.4) is 0 Å². The van der Waals surface area contributed by atoms with Crippen LogP contribution in [0.25, 0.3) is 5.65 Å². The highest BCUT2D eigenvalue weighted by Gasteiger charge is 2.39. The highest BCUT2D eigenvalue weighted by molar-refractivity contribution is 6.21. The maximum atomic E-state index is 12.5. The fraction of sp³-hybridized carbons (Fsp3) is 0.227. The number of aromatic nitrogens is 2. The molecule has 164 valence electrons. The Labute approximate surface area is 182 Å². The van der Waals surface area contributed by atoms with Crippen molar-refractivity contribution in [2.24, 2.45) is 0 Å². The van der Waals surface area contributed by atoms with E-state index in [0.717, 1.165) is 5.56 Å². The second kappa shape index (κ2) is 7.80. The predicted octanol–water partition coefficient (Wildman–Crippen LogP) is 2.73. The summed E-state index contributed by atoms with van der Waals surface area (Å²) < 4.78 is 6.77. The Morgan fingerprint density at radius 2 is 1.66 bits per heavy atom. The second-order valence-electron chi connectivity index (χ2n) is 8.11. The number of imide groups is 1. The minimum absolute atomic E-state index is 0.0844. The molecule has 0 spiro atoms. The van der Waals surface area contributed by atoms with Gasteiger partial charge in [-0.1, -0.05) is 23.3 Å². The van der Waals surface area contributed by atoms with Gasteiger partial charge >= 0.3 is 12.1 Å². The van der Waals surface area contributed by atoms with Gasteiger partial charge in [-0.2, -0.15) is 0 Å². The summed E-state index contributed by atoms with van der Waals surface area (Å²) in [6.07, 6.45) is 2.54. The number of carbonyl (C=O) groups is 4. The van der Waals surface area contributed by atoms with Crippen molar-refractivity contribution in [3.8, 4) is 0 Å². The highest BCUT2D eigenvalue weighted by atomic mass is 16.7. The molecular formula is C22H20N4O6. The van der Waals surface area contributed by atoms with Gasteiger partial charge in [0.15, 0.2) is 5.69 Å². The van der Waals surface area contributed by atoms with Gasteiger partial charge in [0.05, 0.1) is 11.1 Å². The third-order valence-corrected chi connectivity index (χ3v) is 4.49. The molecule has 2 aromatic heterocycles. The van der Waals surface area contributed by atoms with Crippen LogP contribution in [0.5, 0.6) is 0 Å². The van der Waals surface area contributed by atoms with E-state index >= 15 is 0 Å². The molecule has 1 aliphatic rings. The van der Waals surface area contributed by atoms with E-state index in [0.29, 0.717) is 10.7 Å². The number of hydrogen-bond acceptors (Lipinski definition) is 7. The smallest absolute Gasteiger partial charge is 0.407 e. The van der Waals surface area contributed by atoms with Crippen LogP contribution in [-0.4, -0.2) is 43.9 Å². The minimum atomic E-state index is -0.948. The quantitative estimate of drug-likeness (QED) is 0.625. The molecule has 32 heavy (non-hydrogen) atoms. The molecule has 0 atom stereocenters. The number of fused-ring (bicyclic) bond motifs is 2. The van der Waals surface area contributed by atoms with Crippen LogP contribution in [0.15, 0.2) is 48.8 Å². The summed E-state index contributed by atoms with van der Waals surface area (Å²) in [6, 6.07) is 9.60. The fourth-order valence-electron chi connectivity index (χ4n) is 3.11. The summed E-state index contributed by atoms with van der Waals surface area (Å²) in [5, 5.41) is 3.09. The molecule has 10 heteroatoms. The Balaban J connectivity index is 1.45. The van der Waals surface area contributed by atoms with E-state index < -0.39 is 29.5 Å². The van der Waals surface area contributed by atoms with E-state index in [1.54, 1.807) is 55.6 Å². The van der Waals surface area contributed by atoms with Crippen molar-refractivity contribution < 1.29 is 28.8 Å². The standard InChI is InChI=1S/C22H20N4O6/c1-22(2,3)31-21(30)23-10-13-8-9-17-24-16(12-25(17)11-13)20(29)32-26-18(27)14-6-4-5-7-15(14)19(26)28/h4-9,11-12H,10H2,1-3H3,(H,23,30). The first kappa shape index (κ1) is 21.0. The Morgan fingerprint density at radius 3 is 2.28 bits per heavy atom. The summed E-state index contributed by atoms with van der Waals surface area (Å²) >= 11 is 0. The monoisotopic (exact) mass is 436 g/mol. The number of rotatable bonds is 4. The third-order valence-electron chi connectivity index (χ3n) is 4.49. The molecule has 0 fully saturated rings. The van der Waals surface area contributed by atoms with Gasteiger partial charge in [-0.05, 0) is 44.5 Å². The summed E-state index contributed by atoms with van der Waals surface area (Å²) in [5.74, 6) is -2.37. The summed E-state index contributed by atoms with van der Waals surface area (Å²) in [7, 11) is 0. The molecule has 1 aromatic carbocycles. The number of nitrogens with zero attached hydrogens (tertiary/aromatic N) is 3. The highest BCUT2D eigenvalue weighted by Crippen LogP contribution is 2.23. The molecule has 0 radical (unpaired) electrons. The van der Waals surface area contributed by atoms with Crippen LogP contribution in [0.1, 0.15) is 57.5 Å². The van der Waals surface area contributed by atoms with Gasteiger partial charge in [0, 0.05) is 18.9 Å². The van der Waals surface area contributed by atoms with Crippen LogP contribution in [0, 0.1) is 0 Å². The molecule has 4 rings (SSSR count). The van der Waals surface area contributed by atoms with Crippen molar-refractivity contribution in [2.45, 2.75) is 32.9 Å². The number of amides is 3. The Bertz CT molecular complexity index is 1220. The van der Waals surface area contributed by atoms with Crippen molar-refractivity contribution in [2.75, 3.05) is 0 Å². The number of carbonyl (C=O) groups excluding carboxylic acids is 4. The third kappa shape index (κ3) is 4.15. The fourth-order valence-corrected chi connectivity index (χ4v) is 3.11. The molecule has 3 aromatic rings. The molecule has 0 saturated carbocycles. The summed E-state index contributed by atoms with van der Waals surface area (Å²) in [5.41, 5.74) is 0.831. The van der Waals surface area contributed by atoms with Crippen LogP contribution < -0.4 is 5.32 Å². The summed E-state index contributed by atoms with van der Waals surface area (Å²) in [6.45, 7) is 5.52. The maximum absolute atomic E-state index is 12.5. The van der Waals surface area contributed by atoms with Gasteiger partial charge < -0.3 is 19.3 Å². The average Bonchev–Trinajstić information content (AvgIpc) is 3.26.